The first kappa shape index (κ1) is 14.3. The Bertz CT molecular complexity index is 657. The van der Waals surface area contributed by atoms with Gasteiger partial charge in [-0.2, -0.15) is 5.10 Å². The van der Waals surface area contributed by atoms with Gasteiger partial charge in [-0.15, -0.1) is 0 Å². The highest BCUT2D eigenvalue weighted by Crippen LogP contribution is 2.24. The van der Waals surface area contributed by atoms with E-state index in [1.165, 1.54) is 18.3 Å². The fraction of sp³-hybridized carbons (Fsp3) is 0. The summed E-state index contributed by atoms with van der Waals surface area (Å²) in [6.07, 6.45) is 1.52. The molecule has 2 rings (SSSR count). The van der Waals surface area contributed by atoms with Gasteiger partial charge in [-0.25, -0.2) is 0 Å². The van der Waals surface area contributed by atoms with Crippen molar-refractivity contribution >= 4 is 40.8 Å². The van der Waals surface area contributed by atoms with E-state index in [0.29, 0.717) is 21.3 Å². The van der Waals surface area contributed by atoms with Crippen molar-refractivity contribution < 1.29 is 4.92 Å². The highest BCUT2D eigenvalue weighted by Gasteiger charge is 2.03. The topological polar surface area (TPSA) is 67.5 Å². The number of non-ortho nitro benzene ring substituents is 1. The van der Waals surface area contributed by atoms with Gasteiger partial charge in [0.05, 0.1) is 26.9 Å². The number of hydrogen-bond acceptors (Lipinski definition) is 4. The highest BCUT2D eigenvalue weighted by molar-refractivity contribution is 6.43. The number of nitrogens with one attached hydrogen (secondary N) is 1. The first-order valence-corrected chi connectivity index (χ1v) is 6.31. The van der Waals surface area contributed by atoms with Crippen LogP contribution < -0.4 is 5.43 Å². The number of rotatable bonds is 4. The van der Waals surface area contributed by atoms with E-state index < -0.39 is 4.92 Å². The van der Waals surface area contributed by atoms with Crippen LogP contribution in [-0.4, -0.2) is 11.1 Å². The quantitative estimate of drug-likeness (QED) is 0.518. The number of anilines is 1. The maximum absolute atomic E-state index is 10.5. The van der Waals surface area contributed by atoms with Crippen molar-refractivity contribution in [2.45, 2.75) is 0 Å². The Hall–Kier alpha value is -2.11. The van der Waals surface area contributed by atoms with E-state index in [1.54, 1.807) is 30.3 Å². The van der Waals surface area contributed by atoms with Gasteiger partial charge in [-0.05, 0) is 18.2 Å². The second-order valence-corrected chi connectivity index (χ2v) is 4.60. The number of nitro benzene ring substituents is 1. The number of hydrazone groups is 1. The van der Waals surface area contributed by atoms with Crippen LogP contribution in [0.2, 0.25) is 10.0 Å². The van der Waals surface area contributed by atoms with E-state index in [-0.39, 0.29) is 5.69 Å². The lowest BCUT2D eigenvalue weighted by molar-refractivity contribution is -0.384. The molecular formula is C13H9Cl2N3O2. The number of halogens is 2. The lowest BCUT2D eigenvalue weighted by Gasteiger charge is -2.01. The van der Waals surface area contributed by atoms with Crippen LogP contribution in [0, 0.1) is 10.1 Å². The molecule has 0 atom stereocenters. The second kappa shape index (κ2) is 6.36. The molecule has 0 aromatic heterocycles. The molecule has 2 aromatic carbocycles. The standard InChI is InChI=1S/C13H9Cl2N3O2/c14-12-3-1-2-9(13(12)15)8-16-17-10-4-6-11(7-5-10)18(19)20/h1-8,17H/b16-8-. The Kier molecular flexibility index (Phi) is 4.55. The van der Waals surface area contributed by atoms with Gasteiger partial charge in [0, 0.05) is 17.7 Å². The average molecular weight is 310 g/mol. The molecule has 102 valence electrons. The molecule has 0 heterocycles. The monoisotopic (exact) mass is 309 g/mol. The minimum atomic E-state index is -0.460. The number of benzene rings is 2. The fourth-order valence-electron chi connectivity index (χ4n) is 1.45. The lowest BCUT2D eigenvalue weighted by Crippen LogP contribution is -1.92. The van der Waals surface area contributed by atoms with E-state index in [1.807, 2.05) is 0 Å². The van der Waals surface area contributed by atoms with Crippen LogP contribution >= 0.6 is 23.2 Å². The fourth-order valence-corrected chi connectivity index (χ4v) is 1.81. The summed E-state index contributed by atoms with van der Waals surface area (Å²) in [7, 11) is 0. The van der Waals surface area contributed by atoms with Crippen molar-refractivity contribution in [3.8, 4) is 0 Å². The minimum Gasteiger partial charge on any atom is -0.278 e. The van der Waals surface area contributed by atoms with Gasteiger partial charge in [0.1, 0.15) is 0 Å². The van der Waals surface area contributed by atoms with Gasteiger partial charge in [0.25, 0.3) is 5.69 Å². The Morgan fingerprint density at radius 2 is 1.85 bits per heavy atom. The molecule has 5 nitrogen and oxygen atoms in total. The molecule has 0 aliphatic carbocycles. The first-order chi connectivity index (χ1) is 9.58. The van der Waals surface area contributed by atoms with Crippen LogP contribution in [-0.2, 0) is 0 Å². The maximum Gasteiger partial charge on any atom is 0.269 e. The molecule has 0 spiro atoms. The maximum atomic E-state index is 10.5. The van der Waals surface area contributed by atoms with Crippen molar-refractivity contribution in [2.75, 3.05) is 5.43 Å². The molecule has 20 heavy (non-hydrogen) atoms. The van der Waals surface area contributed by atoms with E-state index in [0.717, 1.165) is 0 Å². The van der Waals surface area contributed by atoms with Crippen LogP contribution in [0.5, 0.6) is 0 Å². The number of hydrogen-bond donors (Lipinski definition) is 1. The summed E-state index contributed by atoms with van der Waals surface area (Å²) >= 11 is 11.9. The molecule has 0 fully saturated rings. The molecule has 0 aliphatic rings. The summed E-state index contributed by atoms with van der Waals surface area (Å²) in [5.41, 5.74) is 4.08. The Morgan fingerprint density at radius 1 is 1.15 bits per heavy atom. The van der Waals surface area contributed by atoms with Gasteiger partial charge in [-0.3, -0.25) is 15.5 Å². The zero-order valence-electron chi connectivity index (χ0n) is 10.1. The van der Waals surface area contributed by atoms with Crippen LogP contribution in [0.3, 0.4) is 0 Å². The molecule has 1 N–H and O–H groups in total. The lowest BCUT2D eigenvalue weighted by atomic mass is 10.2. The van der Waals surface area contributed by atoms with Gasteiger partial charge in [-0.1, -0.05) is 35.3 Å². The smallest absolute Gasteiger partial charge is 0.269 e. The minimum absolute atomic E-state index is 0.0254. The molecular weight excluding hydrogens is 301 g/mol. The predicted molar refractivity (Wildman–Crippen MR) is 80.8 cm³/mol. The normalized spacial score (nSPS) is 10.7. The van der Waals surface area contributed by atoms with Crippen molar-refractivity contribution in [1.29, 1.82) is 0 Å². The van der Waals surface area contributed by atoms with Gasteiger partial charge in [0.15, 0.2) is 0 Å². The molecule has 7 heteroatoms. The van der Waals surface area contributed by atoms with Gasteiger partial charge in [0.2, 0.25) is 0 Å². The molecule has 0 radical (unpaired) electrons. The molecule has 0 saturated heterocycles. The van der Waals surface area contributed by atoms with Crippen molar-refractivity contribution in [2.24, 2.45) is 5.10 Å². The summed E-state index contributed by atoms with van der Waals surface area (Å²) in [6, 6.07) is 11.1. The number of nitro groups is 1. The molecule has 0 amide bonds. The molecule has 0 aliphatic heterocycles. The van der Waals surface area contributed by atoms with Crippen molar-refractivity contribution in [3.05, 3.63) is 68.2 Å². The third-order valence-corrected chi connectivity index (χ3v) is 3.29. The number of nitrogens with zero attached hydrogens (tertiary/aromatic N) is 2. The van der Waals surface area contributed by atoms with Gasteiger partial charge >= 0.3 is 0 Å². The SMILES string of the molecule is O=[N+]([O-])c1ccc(N/N=C\c2cccc(Cl)c2Cl)cc1. The summed E-state index contributed by atoms with van der Waals surface area (Å²) in [4.78, 5) is 10.0. The van der Waals surface area contributed by atoms with Crippen LogP contribution in [0.4, 0.5) is 11.4 Å². The van der Waals surface area contributed by atoms with E-state index >= 15 is 0 Å². The molecule has 2 aromatic rings. The summed E-state index contributed by atoms with van der Waals surface area (Å²) < 4.78 is 0. The summed E-state index contributed by atoms with van der Waals surface area (Å²) in [5, 5.41) is 15.4. The zero-order valence-corrected chi connectivity index (χ0v) is 11.6. The van der Waals surface area contributed by atoms with Crippen LogP contribution in [0.15, 0.2) is 47.6 Å². The zero-order chi connectivity index (χ0) is 14.5. The molecule has 0 unspecified atom stereocenters. The van der Waals surface area contributed by atoms with E-state index in [2.05, 4.69) is 10.5 Å². The van der Waals surface area contributed by atoms with Gasteiger partial charge < -0.3 is 0 Å². The largest absolute Gasteiger partial charge is 0.278 e. The first-order valence-electron chi connectivity index (χ1n) is 5.55. The van der Waals surface area contributed by atoms with Crippen LogP contribution in [0.25, 0.3) is 0 Å². The summed E-state index contributed by atoms with van der Waals surface area (Å²) in [5.74, 6) is 0. The Labute approximate surface area is 125 Å². The Balaban J connectivity index is 2.06. The third-order valence-electron chi connectivity index (χ3n) is 2.46. The Morgan fingerprint density at radius 3 is 2.50 bits per heavy atom. The second-order valence-electron chi connectivity index (χ2n) is 3.82. The summed E-state index contributed by atoms with van der Waals surface area (Å²) in [6.45, 7) is 0. The molecule has 0 saturated carbocycles. The highest BCUT2D eigenvalue weighted by atomic mass is 35.5. The van der Waals surface area contributed by atoms with E-state index in [9.17, 15) is 10.1 Å². The van der Waals surface area contributed by atoms with Crippen LogP contribution in [0.1, 0.15) is 5.56 Å². The van der Waals surface area contributed by atoms with Crippen molar-refractivity contribution in [3.63, 3.8) is 0 Å². The predicted octanol–water partition coefficient (Wildman–Crippen LogP) is 4.35. The molecule has 0 bridgehead atoms. The average Bonchev–Trinajstić information content (AvgIpc) is 2.44. The third kappa shape index (κ3) is 3.46. The van der Waals surface area contributed by atoms with Crippen molar-refractivity contribution in [1.82, 2.24) is 0 Å². The van der Waals surface area contributed by atoms with E-state index in [4.69, 9.17) is 23.2 Å².